The molecule has 1 aliphatic heterocycles. The third kappa shape index (κ3) is 4.02. The monoisotopic (exact) mass is 481 g/mol. The molecular weight excluding hydrogens is 462 g/mol. The van der Waals surface area contributed by atoms with Gasteiger partial charge in [-0.15, -0.1) is 0 Å². The van der Waals surface area contributed by atoms with E-state index in [-0.39, 0.29) is 12.0 Å². The number of benzene rings is 1. The average Bonchev–Trinajstić information content (AvgIpc) is 2.85. The molecule has 5 nitrogen and oxygen atoms in total. The average molecular weight is 481 g/mol. The van der Waals surface area contributed by atoms with E-state index in [1.807, 2.05) is 35.6 Å². The Morgan fingerprint density at radius 3 is 2.77 bits per heavy atom. The van der Waals surface area contributed by atoms with E-state index in [2.05, 4.69) is 5.32 Å². The van der Waals surface area contributed by atoms with Crippen molar-refractivity contribution in [3.05, 3.63) is 28.0 Å². The second-order valence-electron chi connectivity index (χ2n) is 6.65. The van der Waals surface area contributed by atoms with Crippen LogP contribution in [0, 0.1) is 9.62 Å². The van der Waals surface area contributed by atoms with Crippen molar-refractivity contribution in [1.82, 2.24) is 9.47 Å². The fourth-order valence-corrected chi connectivity index (χ4v) is 4.19. The number of carbonyl (C=O) groups is 1. The SMILES string of the molecule is C[C@@H]1CN(C(=O)O)CC[C@@H]1Nc1cccc2c1cc(I)n2CC(F)(F)F. The molecule has 1 aliphatic rings. The van der Waals surface area contributed by atoms with E-state index in [1.165, 1.54) is 9.47 Å². The smallest absolute Gasteiger partial charge is 0.407 e. The first-order valence-electron chi connectivity index (χ1n) is 8.24. The predicted molar refractivity (Wildman–Crippen MR) is 101 cm³/mol. The quantitative estimate of drug-likeness (QED) is 0.630. The van der Waals surface area contributed by atoms with Crippen LogP contribution in [0.15, 0.2) is 24.3 Å². The molecular formula is C17H19F3IN3O2. The van der Waals surface area contributed by atoms with E-state index in [0.717, 1.165) is 11.1 Å². The van der Waals surface area contributed by atoms with Crippen LogP contribution >= 0.6 is 22.6 Å². The predicted octanol–water partition coefficient (Wildman–Crippen LogP) is 4.61. The number of hydrogen-bond acceptors (Lipinski definition) is 2. The first-order chi connectivity index (χ1) is 12.2. The largest absolute Gasteiger partial charge is 0.465 e. The van der Waals surface area contributed by atoms with Gasteiger partial charge in [0.05, 0.1) is 9.22 Å². The number of fused-ring (bicyclic) bond motifs is 1. The third-order valence-electron chi connectivity index (χ3n) is 4.75. The van der Waals surface area contributed by atoms with Crippen molar-refractivity contribution in [1.29, 1.82) is 0 Å². The van der Waals surface area contributed by atoms with Crippen LogP contribution in [0.25, 0.3) is 10.9 Å². The van der Waals surface area contributed by atoms with Gasteiger partial charge < -0.3 is 19.9 Å². The zero-order chi connectivity index (χ0) is 19.1. The van der Waals surface area contributed by atoms with Gasteiger partial charge in [-0.05, 0) is 53.1 Å². The molecule has 0 aliphatic carbocycles. The van der Waals surface area contributed by atoms with Crippen LogP contribution in [0.4, 0.5) is 23.7 Å². The maximum absolute atomic E-state index is 12.9. The van der Waals surface area contributed by atoms with E-state index < -0.39 is 18.8 Å². The molecule has 0 spiro atoms. The molecule has 2 heterocycles. The highest BCUT2D eigenvalue weighted by atomic mass is 127. The summed E-state index contributed by atoms with van der Waals surface area (Å²) in [7, 11) is 0. The van der Waals surface area contributed by atoms with Crippen molar-refractivity contribution >= 4 is 45.3 Å². The van der Waals surface area contributed by atoms with Gasteiger partial charge in [0, 0.05) is 30.2 Å². The first kappa shape index (κ1) is 19.1. The Morgan fingerprint density at radius 1 is 1.42 bits per heavy atom. The normalized spacial score (nSPS) is 21.2. The van der Waals surface area contributed by atoms with Crippen LogP contribution in [-0.2, 0) is 6.54 Å². The Kier molecular flexibility index (Phi) is 5.27. The van der Waals surface area contributed by atoms with Crippen LogP contribution < -0.4 is 5.32 Å². The van der Waals surface area contributed by atoms with Gasteiger partial charge in [0.25, 0.3) is 0 Å². The van der Waals surface area contributed by atoms with E-state index >= 15 is 0 Å². The Bertz CT molecular complexity index is 821. The van der Waals surface area contributed by atoms with Crippen LogP contribution in [0.3, 0.4) is 0 Å². The number of likely N-dealkylation sites (tertiary alicyclic amines) is 1. The van der Waals surface area contributed by atoms with Crippen LogP contribution in [0.5, 0.6) is 0 Å². The number of alkyl halides is 3. The lowest BCUT2D eigenvalue weighted by atomic mass is 9.93. The molecule has 1 amide bonds. The van der Waals surface area contributed by atoms with Gasteiger partial charge in [-0.1, -0.05) is 13.0 Å². The number of rotatable bonds is 3. The summed E-state index contributed by atoms with van der Waals surface area (Å²) in [5, 5.41) is 13.3. The van der Waals surface area contributed by atoms with Gasteiger partial charge in [-0.25, -0.2) is 4.79 Å². The summed E-state index contributed by atoms with van der Waals surface area (Å²) in [6, 6.07) is 7.10. The van der Waals surface area contributed by atoms with Gasteiger partial charge in [-0.2, -0.15) is 13.2 Å². The molecule has 26 heavy (non-hydrogen) atoms. The van der Waals surface area contributed by atoms with Crippen molar-refractivity contribution in [3.8, 4) is 0 Å². The highest BCUT2D eigenvalue weighted by Gasteiger charge is 2.31. The Labute approximate surface area is 162 Å². The summed E-state index contributed by atoms with van der Waals surface area (Å²) in [5.41, 5.74) is 1.31. The van der Waals surface area contributed by atoms with Gasteiger partial charge in [-0.3, -0.25) is 0 Å². The van der Waals surface area contributed by atoms with E-state index in [0.29, 0.717) is 28.7 Å². The van der Waals surface area contributed by atoms with Crippen molar-refractivity contribution < 1.29 is 23.1 Å². The van der Waals surface area contributed by atoms with E-state index in [4.69, 9.17) is 5.11 Å². The van der Waals surface area contributed by atoms with Gasteiger partial charge in [0.2, 0.25) is 0 Å². The highest BCUT2D eigenvalue weighted by Crippen LogP contribution is 2.32. The molecule has 2 atom stereocenters. The summed E-state index contributed by atoms with van der Waals surface area (Å²) in [6.07, 6.45) is -4.55. The van der Waals surface area contributed by atoms with Crippen molar-refractivity contribution in [2.45, 2.75) is 32.1 Å². The minimum Gasteiger partial charge on any atom is -0.465 e. The molecule has 3 rings (SSSR count). The fourth-order valence-electron chi connectivity index (χ4n) is 3.45. The number of carboxylic acid groups (broad SMARTS) is 1. The molecule has 142 valence electrons. The van der Waals surface area contributed by atoms with Gasteiger partial charge in [0.1, 0.15) is 6.54 Å². The highest BCUT2D eigenvalue weighted by molar-refractivity contribution is 14.1. The molecule has 2 aromatic rings. The number of hydrogen-bond donors (Lipinski definition) is 2. The van der Waals surface area contributed by atoms with E-state index in [1.54, 1.807) is 18.2 Å². The summed E-state index contributed by atoms with van der Waals surface area (Å²) in [6.45, 7) is 1.84. The Morgan fingerprint density at radius 2 is 2.15 bits per heavy atom. The lowest BCUT2D eigenvalue weighted by molar-refractivity contribution is -0.140. The standard InChI is InChI=1S/C17H19F3IN3O2/c1-10-8-23(16(25)26)6-5-12(10)22-13-3-2-4-14-11(13)7-15(21)24(14)9-17(18,19)20/h2-4,7,10,12,22H,5-6,8-9H2,1H3,(H,25,26)/t10-,12+/m1/s1. The van der Waals surface area contributed by atoms with Crippen LogP contribution in [-0.4, -0.2) is 46.0 Å². The number of amides is 1. The molecule has 1 aromatic carbocycles. The molecule has 0 saturated carbocycles. The molecule has 0 bridgehead atoms. The number of piperidine rings is 1. The maximum atomic E-state index is 12.9. The minimum absolute atomic E-state index is 0.0693. The van der Waals surface area contributed by atoms with Crippen LogP contribution in [0.1, 0.15) is 13.3 Å². The van der Waals surface area contributed by atoms with E-state index in [9.17, 15) is 18.0 Å². The zero-order valence-electron chi connectivity index (χ0n) is 14.1. The molecule has 1 fully saturated rings. The molecule has 9 heteroatoms. The Hall–Kier alpha value is -1.65. The number of halogens is 4. The zero-order valence-corrected chi connectivity index (χ0v) is 16.2. The summed E-state index contributed by atoms with van der Waals surface area (Å²) in [4.78, 5) is 12.5. The molecule has 2 N–H and O–H groups in total. The number of aromatic nitrogens is 1. The number of nitrogens with zero attached hydrogens (tertiary/aromatic N) is 2. The van der Waals surface area contributed by atoms with Gasteiger partial charge in [0.15, 0.2) is 0 Å². The lowest BCUT2D eigenvalue weighted by Crippen LogP contribution is -2.47. The van der Waals surface area contributed by atoms with Gasteiger partial charge >= 0.3 is 12.3 Å². The van der Waals surface area contributed by atoms with Crippen molar-refractivity contribution in [2.24, 2.45) is 5.92 Å². The lowest BCUT2D eigenvalue weighted by Gasteiger charge is -2.36. The summed E-state index contributed by atoms with van der Waals surface area (Å²) < 4.78 is 40.4. The first-order valence-corrected chi connectivity index (χ1v) is 9.32. The Balaban J connectivity index is 1.85. The summed E-state index contributed by atoms with van der Waals surface area (Å²) in [5.74, 6) is 0.103. The van der Waals surface area contributed by atoms with Crippen molar-refractivity contribution in [3.63, 3.8) is 0 Å². The number of nitrogens with one attached hydrogen (secondary N) is 1. The van der Waals surface area contributed by atoms with Crippen molar-refractivity contribution in [2.75, 3.05) is 18.4 Å². The topological polar surface area (TPSA) is 57.5 Å². The van der Waals surface area contributed by atoms with Crippen LogP contribution in [0.2, 0.25) is 0 Å². The molecule has 0 unspecified atom stereocenters. The molecule has 0 radical (unpaired) electrons. The fraction of sp³-hybridized carbons (Fsp3) is 0.471. The molecule has 1 aromatic heterocycles. The minimum atomic E-state index is -4.28. The second-order valence-corrected chi connectivity index (χ2v) is 7.76. The summed E-state index contributed by atoms with van der Waals surface area (Å²) >= 11 is 1.92. The third-order valence-corrected chi connectivity index (χ3v) is 5.64. The maximum Gasteiger partial charge on any atom is 0.407 e. The second kappa shape index (κ2) is 7.16. The number of anilines is 1. The molecule has 1 saturated heterocycles.